The summed E-state index contributed by atoms with van der Waals surface area (Å²) in [5, 5.41) is 21.9. The lowest BCUT2D eigenvalue weighted by Gasteiger charge is -2.21. The van der Waals surface area contributed by atoms with Crippen LogP contribution in [0.1, 0.15) is 42.4 Å². The van der Waals surface area contributed by atoms with E-state index in [-0.39, 0.29) is 11.2 Å². The molecule has 1 rings (SSSR count). The fourth-order valence-electron chi connectivity index (χ4n) is 1.13. The molecule has 0 unspecified atom stereocenters. The molecule has 0 fully saturated rings. The Hall–Kier alpha value is -1.11. The molecule has 0 aliphatic rings. The molecule has 0 amide bonds. The Kier molecular flexibility index (Phi) is 5.13. The van der Waals surface area contributed by atoms with E-state index in [0.29, 0.717) is 11.6 Å². The number of thioether (sulfide) groups is 1. The molecule has 1 aromatic rings. The highest BCUT2D eigenvalue weighted by atomic mass is 32.2. The molecule has 0 saturated heterocycles. The summed E-state index contributed by atoms with van der Waals surface area (Å²) in [7, 11) is 0. The molecule has 100 valence electrons. The maximum Gasteiger partial charge on any atom is 0.354 e. The number of aromatic nitrogens is 1. The summed E-state index contributed by atoms with van der Waals surface area (Å²) in [4.78, 5) is 14.6. The zero-order valence-corrected chi connectivity index (χ0v) is 11.5. The molecular weight excluding hydrogens is 252 g/mol. The molecule has 1 atom stereocenters. The fraction of sp³-hybridized carbons (Fsp3) is 0.500. The van der Waals surface area contributed by atoms with E-state index in [1.54, 1.807) is 12.1 Å². The number of hydrogen-bond acceptors (Lipinski definition) is 5. The fourth-order valence-corrected chi connectivity index (χ4v) is 2.11. The number of hydrogen-bond donors (Lipinski definition) is 3. The zero-order chi connectivity index (χ0) is 13.8. The van der Waals surface area contributed by atoms with Crippen LogP contribution in [0.25, 0.3) is 0 Å². The minimum Gasteiger partial charge on any atom is -0.477 e. The predicted molar refractivity (Wildman–Crippen MR) is 71.5 cm³/mol. The van der Waals surface area contributed by atoms with E-state index in [2.05, 4.69) is 10.3 Å². The summed E-state index contributed by atoms with van der Waals surface area (Å²) in [6.07, 6.45) is 0. The highest BCUT2D eigenvalue weighted by Gasteiger charge is 2.14. The molecule has 0 aromatic carbocycles. The van der Waals surface area contributed by atoms with Gasteiger partial charge in [0.2, 0.25) is 0 Å². The van der Waals surface area contributed by atoms with Crippen LogP contribution in [0.2, 0.25) is 0 Å². The van der Waals surface area contributed by atoms with Crippen LogP contribution in [-0.2, 0) is 0 Å². The van der Waals surface area contributed by atoms with Crippen molar-refractivity contribution in [2.24, 2.45) is 0 Å². The van der Waals surface area contributed by atoms with E-state index < -0.39 is 11.4 Å². The third-order valence-electron chi connectivity index (χ3n) is 2.09. The van der Waals surface area contributed by atoms with Gasteiger partial charge in [-0.2, -0.15) is 0 Å². The van der Waals surface area contributed by atoms with E-state index in [1.165, 1.54) is 17.8 Å². The van der Waals surface area contributed by atoms with Crippen molar-refractivity contribution in [1.29, 1.82) is 0 Å². The summed E-state index contributed by atoms with van der Waals surface area (Å²) in [6.45, 7) is 6.09. The lowest BCUT2D eigenvalue weighted by Crippen LogP contribution is -2.35. The summed E-state index contributed by atoms with van der Waals surface area (Å²) < 4.78 is 0. The number of carbonyl (C=O) groups is 1. The van der Waals surface area contributed by atoms with E-state index in [9.17, 15) is 9.90 Å². The number of aromatic carboxylic acids is 1. The largest absolute Gasteiger partial charge is 0.477 e. The van der Waals surface area contributed by atoms with Gasteiger partial charge >= 0.3 is 5.97 Å². The average Bonchev–Trinajstić information content (AvgIpc) is 2.27. The molecule has 1 heterocycles. The second-order valence-corrected chi connectivity index (χ2v) is 5.91. The van der Waals surface area contributed by atoms with Crippen LogP contribution >= 0.6 is 11.8 Å². The first-order valence-electron chi connectivity index (χ1n) is 5.54. The van der Waals surface area contributed by atoms with Crippen LogP contribution in [-0.4, -0.2) is 32.6 Å². The van der Waals surface area contributed by atoms with Crippen LogP contribution in [0.3, 0.4) is 0 Å². The third-order valence-corrected chi connectivity index (χ3v) is 2.95. The molecule has 3 N–H and O–H groups in total. The molecule has 6 heteroatoms. The molecule has 0 bridgehead atoms. The zero-order valence-electron chi connectivity index (χ0n) is 10.7. The van der Waals surface area contributed by atoms with Gasteiger partial charge in [-0.25, -0.2) is 9.78 Å². The molecule has 0 spiro atoms. The first-order valence-corrected chi connectivity index (χ1v) is 6.59. The number of pyridine rings is 1. The van der Waals surface area contributed by atoms with Gasteiger partial charge in [0.05, 0.1) is 5.69 Å². The monoisotopic (exact) mass is 270 g/mol. The normalized spacial score (nSPS) is 13.3. The minimum atomic E-state index is -1.10. The first kappa shape index (κ1) is 14.9. The van der Waals surface area contributed by atoms with Gasteiger partial charge in [-0.1, -0.05) is 6.07 Å². The SMILES string of the molecule is CC(C)(C)NCS[C@H](O)c1cccc(C(=O)O)n1. The number of aliphatic hydroxyl groups is 1. The maximum atomic E-state index is 10.8. The van der Waals surface area contributed by atoms with Gasteiger partial charge in [-0.05, 0) is 32.9 Å². The number of nitrogens with zero attached hydrogens (tertiary/aromatic N) is 1. The second kappa shape index (κ2) is 6.17. The lowest BCUT2D eigenvalue weighted by atomic mass is 10.1. The Labute approximate surface area is 111 Å². The summed E-state index contributed by atoms with van der Waals surface area (Å²) >= 11 is 1.27. The number of rotatable bonds is 5. The molecule has 5 nitrogen and oxygen atoms in total. The van der Waals surface area contributed by atoms with Crippen molar-refractivity contribution in [2.45, 2.75) is 31.7 Å². The quantitative estimate of drug-likeness (QED) is 0.708. The summed E-state index contributed by atoms with van der Waals surface area (Å²) in [5.41, 5.74) is -0.561. The number of carboxylic acids is 1. The van der Waals surface area contributed by atoms with Crippen molar-refractivity contribution in [3.05, 3.63) is 29.6 Å². The Morgan fingerprint density at radius 1 is 1.50 bits per heavy atom. The smallest absolute Gasteiger partial charge is 0.354 e. The number of carboxylic acid groups (broad SMARTS) is 1. The molecule has 0 saturated carbocycles. The Morgan fingerprint density at radius 2 is 2.17 bits per heavy atom. The van der Waals surface area contributed by atoms with E-state index >= 15 is 0 Å². The average molecular weight is 270 g/mol. The van der Waals surface area contributed by atoms with Crippen molar-refractivity contribution in [2.75, 3.05) is 5.88 Å². The van der Waals surface area contributed by atoms with E-state index in [1.807, 2.05) is 20.8 Å². The van der Waals surface area contributed by atoms with Crippen LogP contribution < -0.4 is 5.32 Å². The van der Waals surface area contributed by atoms with Crippen molar-refractivity contribution in [1.82, 2.24) is 10.3 Å². The Morgan fingerprint density at radius 3 is 2.72 bits per heavy atom. The van der Waals surface area contributed by atoms with Crippen molar-refractivity contribution >= 4 is 17.7 Å². The van der Waals surface area contributed by atoms with Gasteiger partial charge in [-0.15, -0.1) is 11.8 Å². The van der Waals surface area contributed by atoms with Gasteiger partial charge in [0.15, 0.2) is 0 Å². The van der Waals surface area contributed by atoms with Crippen LogP contribution in [0.4, 0.5) is 0 Å². The van der Waals surface area contributed by atoms with Crippen LogP contribution in [0, 0.1) is 0 Å². The van der Waals surface area contributed by atoms with Crippen molar-refractivity contribution in [3.63, 3.8) is 0 Å². The maximum absolute atomic E-state index is 10.8. The van der Waals surface area contributed by atoms with Gasteiger partial charge in [0.25, 0.3) is 0 Å². The van der Waals surface area contributed by atoms with Gasteiger partial charge < -0.3 is 15.5 Å². The second-order valence-electron chi connectivity index (χ2n) is 4.84. The topological polar surface area (TPSA) is 82.5 Å². The van der Waals surface area contributed by atoms with Crippen LogP contribution in [0.5, 0.6) is 0 Å². The van der Waals surface area contributed by atoms with Crippen molar-refractivity contribution in [3.8, 4) is 0 Å². The Balaban J connectivity index is 2.59. The van der Waals surface area contributed by atoms with Gasteiger partial charge in [0.1, 0.15) is 11.1 Å². The Bertz CT molecular complexity index is 418. The highest BCUT2D eigenvalue weighted by molar-refractivity contribution is 7.99. The summed E-state index contributed by atoms with van der Waals surface area (Å²) in [5.74, 6) is -0.536. The van der Waals surface area contributed by atoms with Gasteiger partial charge in [-0.3, -0.25) is 0 Å². The van der Waals surface area contributed by atoms with Crippen molar-refractivity contribution < 1.29 is 15.0 Å². The highest BCUT2D eigenvalue weighted by Crippen LogP contribution is 2.23. The van der Waals surface area contributed by atoms with E-state index in [4.69, 9.17) is 5.11 Å². The first-order chi connectivity index (χ1) is 8.29. The molecule has 1 aromatic heterocycles. The molecule has 0 aliphatic carbocycles. The lowest BCUT2D eigenvalue weighted by molar-refractivity contribution is 0.0690. The standard InChI is InChI=1S/C12H18N2O3S/c1-12(2,3)13-7-18-11(17)9-6-4-5-8(14-9)10(15)16/h4-6,11,13,17H,7H2,1-3H3,(H,15,16)/t11-/m0/s1. The van der Waals surface area contributed by atoms with Gasteiger partial charge in [0, 0.05) is 11.4 Å². The summed E-state index contributed by atoms with van der Waals surface area (Å²) in [6, 6.07) is 4.59. The molecule has 0 radical (unpaired) electrons. The number of nitrogens with one attached hydrogen (secondary N) is 1. The predicted octanol–water partition coefficient (Wildman–Crippen LogP) is 1.85. The molecule has 0 aliphatic heterocycles. The molecular formula is C12H18N2O3S. The third kappa shape index (κ3) is 5.03. The minimum absolute atomic E-state index is 0.0247. The van der Waals surface area contributed by atoms with E-state index in [0.717, 1.165) is 0 Å². The van der Waals surface area contributed by atoms with Crippen LogP contribution in [0.15, 0.2) is 18.2 Å². The molecule has 18 heavy (non-hydrogen) atoms. The number of aliphatic hydroxyl groups excluding tert-OH is 1.